The molecule has 0 aliphatic rings. The lowest BCUT2D eigenvalue weighted by atomic mass is 10.2. The Kier molecular flexibility index (Phi) is 5.42. The van der Waals surface area contributed by atoms with Crippen LogP contribution < -0.4 is 5.32 Å². The summed E-state index contributed by atoms with van der Waals surface area (Å²) in [6.07, 6.45) is 4.60. The van der Waals surface area contributed by atoms with Crippen LogP contribution in [0.3, 0.4) is 0 Å². The molecule has 0 radical (unpaired) electrons. The smallest absolute Gasteiger partial charge is 0.199 e. The van der Waals surface area contributed by atoms with Crippen molar-refractivity contribution in [3.63, 3.8) is 0 Å². The monoisotopic (exact) mass is 283 g/mol. The maximum Gasteiger partial charge on any atom is 0.199 e. The van der Waals surface area contributed by atoms with Crippen LogP contribution in [0.5, 0.6) is 0 Å². The van der Waals surface area contributed by atoms with E-state index in [4.69, 9.17) is 16.0 Å². The van der Waals surface area contributed by atoms with Crippen molar-refractivity contribution in [3.05, 3.63) is 35.0 Å². The van der Waals surface area contributed by atoms with Gasteiger partial charge in [-0.1, -0.05) is 18.2 Å². The number of halogens is 1. The van der Waals surface area contributed by atoms with E-state index in [1.54, 1.807) is 0 Å². The Hall–Kier alpha value is -0.640. The highest BCUT2D eigenvalue weighted by molar-refractivity contribution is 7.98. The topological polar surface area (TPSA) is 25.2 Å². The average molecular weight is 284 g/mol. The normalized spacial score (nSPS) is 11.2. The van der Waals surface area contributed by atoms with Gasteiger partial charge in [-0.2, -0.15) is 11.8 Å². The van der Waals surface area contributed by atoms with Crippen LogP contribution >= 0.6 is 23.4 Å². The molecule has 18 heavy (non-hydrogen) atoms. The minimum atomic E-state index is 0.507. The van der Waals surface area contributed by atoms with Crippen LogP contribution in [-0.2, 0) is 6.54 Å². The lowest BCUT2D eigenvalue weighted by Gasteiger charge is -2.03. The van der Waals surface area contributed by atoms with Gasteiger partial charge in [0.25, 0.3) is 0 Å². The highest BCUT2D eigenvalue weighted by Crippen LogP contribution is 2.29. The van der Waals surface area contributed by atoms with Crippen LogP contribution in [0.2, 0.25) is 5.22 Å². The van der Waals surface area contributed by atoms with Gasteiger partial charge in [0.15, 0.2) is 5.22 Å². The van der Waals surface area contributed by atoms with E-state index in [-0.39, 0.29) is 0 Å². The van der Waals surface area contributed by atoms with Crippen molar-refractivity contribution < 1.29 is 4.42 Å². The first kappa shape index (κ1) is 13.8. The molecule has 0 fully saturated rings. The standard InChI is InChI=1S/C14H18ClNOS/c1-18-9-5-4-8-16-10-12-11-6-2-3-7-13(11)17-14(12)15/h2-3,6-7,16H,4-5,8-10H2,1H3. The van der Waals surface area contributed by atoms with E-state index in [9.17, 15) is 0 Å². The Morgan fingerprint density at radius 3 is 2.94 bits per heavy atom. The Balaban J connectivity index is 1.89. The molecule has 2 rings (SSSR count). The number of para-hydroxylation sites is 1. The summed E-state index contributed by atoms with van der Waals surface area (Å²) in [6, 6.07) is 7.97. The highest BCUT2D eigenvalue weighted by Gasteiger charge is 2.10. The van der Waals surface area contributed by atoms with Crippen LogP contribution in [0.4, 0.5) is 0 Å². The van der Waals surface area contributed by atoms with E-state index >= 15 is 0 Å². The van der Waals surface area contributed by atoms with E-state index in [1.807, 2.05) is 30.0 Å². The summed E-state index contributed by atoms with van der Waals surface area (Å²) in [5, 5.41) is 5.04. The maximum atomic E-state index is 6.12. The molecule has 1 heterocycles. The van der Waals surface area contributed by atoms with E-state index in [0.29, 0.717) is 5.22 Å². The van der Waals surface area contributed by atoms with Crippen LogP contribution in [0.1, 0.15) is 18.4 Å². The fourth-order valence-corrected chi connectivity index (χ4v) is 2.69. The molecule has 1 aromatic carbocycles. The number of thioether (sulfide) groups is 1. The molecule has 4 heteroatoms. The van der Waals surface area contributed by atoms with Gasteiger partial charge in [-0.25, -0.2) is 0 Å². The summed E-state index contributed by atoms with van der Waals surface area (Å²) >= 11 is 8.02. The van der Waals surface area contributed by atoms with Gasteiger partial charge < -0.3 is 9.73 Å². The molecule has 0 aliphatic heterocycles. The predicted molar refractivity (Wildman–Crippen MR) is 80.5 cm³/mol. The number of hydrogen-bond donors (Lipinski definition) is 1. The molecule has 0 spiro atoms. The summed E-state index contributed by atoms with van der Waals surface area (Å²) in [4.78, 5) is 0. The molecule has 1 N–H and O–H groups in total. The number of rotatable bonds is 7. The molecule has 1 aromatic heterocycles. The van der Waals surface area contributed by atoms with Crippen LogP contribution in [0.25, 0.3) is 11.0 Å². The fourth-order valence-electron chi connectivity index (χ4n) is 1.94. The number of fused-ring (bicyclic) bond motifs is 1. The van der Waals surface area contributed by atoms with Gasteiger partial charge in [-0.05, 0) is 49.1 Å². The maximum absolute atomic E-state index is 6.12. The minimum Gasteiger partial charge on any atom is -0.444 e. The average Bonchev–Trinajstić information content (AvgIpc) is 2.70. The summed E-state index contributed by atoms with van der Waals surface area (Å²) in [6.45, 7) is 1.80. The molecule has 0 bridgehead atoms. The lowest BCUT2D eigenvalue weighted by molar-refractivity contribution is 0.599. The molecule has 98 valence electrons. The molecule has 0 saturated carbocycles. The quantitative estimate of drug-likeness (QED) is 0.766. The summed E-state index contributed by atoms with van der Waals surface area (Å²) in [5.41, 5.74) is 1.93. The molecule has 0 saturated heterocycles. The van der Waals surface area contributed by atoms with Crippen molar-refractivity contribution in [1.82, 2.24) is 5.32 Å². The van der Waals surface area contributed by atoms with Crippen LogP contribution in [-0.4, -0.2) is 18.6 Å². The molecule has 0 amide bonds. The Bertz CT molecular complexity index is 497. The van der Waals surface area contributed by atoms with Gasteiger partial charge in [-0.15, -0.1) is 0 Å². The van der Waals surface area contributed by atoms with Gasteiger partial charge in [0.2, 0.25) is 0 Å². The van der Waals surface area contributed by atoms with E-state index in [2.05, 4.69) is 17.6 Å². The first-order valence-electron chi connectivity index (χ1n) is 6.18. The molecular formula is C14H18ClNOS. The summed E-state index contributed by atoms with van der Waals surface area (Å²) in [7, 11) is 0. The van der Waals surface area contributed by atoms with Crippen molar-refractivity contribution >= 4 is 34.3 Å². The van der Waals surface area contributed by atoms with Crippen LogP contribution in [0.15, 0.2) is 28.7 Å². The molecule has 0 atom stereocenters. The Morgan fingerprint density at radius 1 is 1.28 bits per heavy atom. The number of benzene rings is 1. The zero-order valence-corrected chi connectivity index (χ0v) is 12.1. The third kappa shape index (κ3) is 3.44. The van der Waals surface area contributed by atoms with Crippen molar-refractivity contribution in [3.8, 4) is 0 Å². The molecule has 0 unspecified atom stereocenters. The van der Waals surface area contributed by atoms with Gasteiger partial charge in [-0.3, -0.25) is 0 Å². The van der Waals surface area contributed by atoms with E-state index < -0.39 is 0 Å². The zero-order chi connectivity index (χ0) is 12.8. The number of furan rings is 1. The molecule has 2 aromatic rings. The fraction of sp³-hybridized carbons (Fsp3) is 0.429. The van der Waals surface area contributed by atoms with Gasteiger partial charge in [0.1, 0.15) is 5.58 Å². The van der Waals surface area contributed by atoms with Crippen molar-refractivity contribution in [2.75, 3.05) is 18.6 Å². The second-order valence-corrected chi connectivity index (χ2v) is 5.56. The molecular weight excluding hydrogens is 266 g/mol. The van der Waals surface area contributed by atoms with E-state index in [0.717, 1.165) is 29.6 Å². The Labute approximate surface area is 117 Å². The molecule has 2 nitrogen and oxygen atoms in total. The van der Waals surface area contributed by atoms with Crippen molar-refractivity contribution in [2.45, 2.75) is 19.4 Å². The van der Waals surface area contributed by atoms with Gasteiger partial charge in [0.05, 0.1) is 0 Å². The van der Waals surface area contributed by atoms with E-state index in [1.165, 1.54) is 18.6 Å². The molecule has 0 aliphatic carbocycles. The number of hydrogen-bond acceptors (Lipinski definition) is 3. The zero-order valence-electron chi connectivity index (χ0n) is 10.5. The Morgan fingerprint density at radius 2 is 2.11 bits per heavy atom. The highest BCUT2D eigenvalue weighted by atomic mass is 35.5. The second-order valence-electron chi connectivity index (χ2n) is 4.23. The second kappa shape index (κ2) is 7.07. The minimum absolute atomic E-state index is 0.507. The number of unbranched alkanes of at least 4 members (excludes halogenated alkanes) is 1. The summed E-state index contributed by atoms with van der Waals surface area (Å²) < 4.78 is 5.52. The lowest BCUT2D eigenvalue weighted by Crippen LogP contribution is -2.14. The number of nitrogens with one attached hydrogen (secondary N) is 1. The van der Waals surface area contributed by atoms with Crippen molar-refractivity contribution in [1.29, 1.82) is 0 Å². The first-order chi connectivity index (χ1) is 8.83. The third-order valence-electron chi connectivity index (χ3n) is 2.90. The van der Waals surface area contributed by atoms with Gasteiger partial charge >= 0.3 is 0 Å². The summed E-state index contributed by atoms with van der Waals surface area (Å²) in [5.74, 6) is 1.23. The SMILES string of the molecule is CSCCCCNCc1c(Cl)oc2ccccc12. The van der Waals surface area contributed by atoms with Crippen LogP contribution in [0, 0.1) is 0 Å². The first-order valence-corrected chi connectivity index (χ1v) is 7.95. The largest absolute Gasteiger partial charge is 0.444 e. The predicted octanol–water partition coefficient (Wildman–Crippen LogP) is 4.32. The van der Waals surface area contributed by atoms with Gasteiger partial charge in [0, 0.05) is 17.5 Å². The van der Waals surface area contributed by atoms with Crippen molar-refractivity contribution in [2.24, 2.45) is 0 Å². The third-order valence-corrected chi connectivity index (χ3v) is 3.90.